The zero-order valence-electron chi connectivity index (χ0n) is 27.3. The fraction of sp³-hybridized carbons (Fsp3) is 0. The van der Waals surface area contributed by atoms with Crippen molar-refractivity contribution in [3.05, 3.63) is 188 Å². The first-order valence-corrected chi connectivity index (χ1v) is 17.1. The highest BCUT2D eigenvalue weighted by molar-refractivity contribution is 6.23. The molecule has 9 aromatic carbocycles. The van der Waals surface area contributed by atoms with Gasteiger partial charge in [-0.05, 0) is 91.6 Å². The number of hydrogen-bond donors (Lipinski definition) is 0. The van der Waals surface area contributed by atoms with Crippen LogP contribution in [0.1, 0.15) is 0 Å². The summed E-state index contributed by atoms with van der Waals surface area (Å²) in [6.45, 7) is 0. The lowest BCUT2D eigenvalue weighted by Crippen LogP contribution is -2.10. The average Bonchev–Trinajstić information content (AvgIpc) is 3.58. The van der Waals surface area contributed by atoms with Gasteiger partial charge in [-0.2, -0.15) is 0 Å². The molecule has 0 aliphatic carbocycles. The molecule has 0 N–H and O–H groups in total. The average molecular weight is 638 g/mol. The van der Waals surface area contributed by atoms with Crippen molar-refractivity contribution in [1.82, 2.24) is 0 Å². The molecule has 0 bridgehead atoms. The first-order valence-electron chi connectivity index (χ1n) is 17.1. The highest BCUT2D eigenvalue weighted by Gasteiger charge is 2.19. The molecule has 234 valence electrons. The Morgan fingerprint density at radius 1 is 0.340 bits per heavy atom. The highest BCUT2D eigenvalue weighted by Crippen LogP contribution is 2.45. The largest absolute Gasteiger partial charge is 0.456 e. The minimum absolute atomic E-state index is 0.906. The molecule has 2 heteroatoms. The van der Waals surface area contributed by atoms with E-state index in [4.69, 9.17) is 4.42 Å². The van der Waals surface area contributed by atoms with Crippen molar-refractivity contribution in [1.29, 1.82) is 0 Å². The van der Waals surface area contributed by atoms with Gasteiger partial charge in [-0.25, -0.2) is 0 Å². The van der Waals surface area contributed by atoms with Crippen LogP contribution in [0.2, 0.25) is 0 Å². The second-order valence-electron chi connectivity index (χ2n) is 12.9. The third-order valence-corrected chi connectivity index (χ3v) is 10.0. The van der Waals surface area contributed by atoms with E-state index in [0.717, 1.165) is 44.6 Å². The van der Waals surface area contributed by atoms with Gasteiger partial charge < -0.3 is 9.32 Å². The number of benzene rings is 9. The van der Waals surface area contributed by atoms with E-state index >= 15 is 0 Å². The van der Waals surface area contributed by atoms with Crippen molar-refractivity contribution >= 4 is 71.3 Å². The zero-order chi connectivity index (χ0) is 33.0. The minimum Gasteiger partial charge on any atom is -0.456 e. The Hall–Kier alpha value is -6.64. The maximum Gasteiger partial charge on any atom is 0.136 e. The van der Waals surface area contributed by atoms with Crippen LogP contribution in [-0.4, -0.2) is 0 Å². The standard InChI is InChI=1S/C48H31NO/c1-2-11-32(12-3-1)33-23-27-37(28-24-33)49(44-31-36-22-21-34-13-4-5-14-39(34)47(36)42-16-7-6-15-41(42)44)38-29-25-35(26-30-38)40-18-10-20-46-48(40)43-17-8-9-19-45(43)50-46/h1-31H. The molecule has 0 unspecified atom stereocenters. The van der Waals surface area contributed by atoms with E-state index < -0.39 is 0 Å². The second kappa shape index (κ2) is 11.5. The third-order valence-electron chi connectivity index (χ3n) is 10.0. The molecule has 0 radical (unpaired) electrons. The summed E-state index contributed by atoms with van der Waals surface area (Å²) < 4.78 is 6.23. The van der Waals surface area contributed by atoms with Crippen molar-refractivity contribution in [2.24, 2.45) is 0 Å². The van der Waals surface area contributed by atoms with E-state index in [1.54, 1.807) is 0 Å². The van der Waals surface area contributed by atoms with Gasteiger partial charge in [0.2, 0.25) is 0 Å². The molecule has 10 rings (SSSR count). The van der Waals surface area contributed by atoms with Crippen LogP contribution in [-0.2, 0) is 0 Å². The number of hydrogen-bond acceptors (Lipinski definition) is 2. The van der Waals surface area contributed by atoms with Crippen LogP contribution in [0.15, 0.2) is 192 Å². The van der Waals surface area contributed by atoms with Gasteiger partial charge in [-0.1, -0.05) is 146 Å². The summed E-state index contributed by atoms with van der Waals surface area (Å²) in [4.78, 5) is 2.41. The van der Waals surface area contributed by atoms with Crippen LogP contribution >= 0.6 is 0 Å². The maximum absolute atomic E-state index is 6.23. The van der Waals surface area contributed by atoms with Gasteiger partial charge in [0, 0.05) is 27.5 Å². The first kappa shape index (κ1) is 28.4. The summed E-state index contributed by atoms with van der Waals surface area (Å²) in [6.07, 6.45) is 0. The first-order chi connectivity index (χ1) is 24.8. The summed E-state index contributed by atoms with van der Waals surface area (Å²) >= 11 is 0. The van der Waals surface area contributed by atoms with Gasteiger partial charge in [-0.3, -0.25) is 0 Å². The predicted octanol–water partition coefficient (Wildman–Crippen LogP) is 13.8. The quantitative estimate of drug-likeness (QED) is 0.175. The second-order valence-corrected chi connectivity index (χ2v) is 12.9. The summed E-state index contributed by atoms with van der Waals surface area (Å²) in [5.74, 6) is 0. The fourth-order valence-electron chi connectivity index (χ4n) is 7.71. The number of fused-ring (bicyclic) bond motifs is 8. The van der Waals surface area contributed by atoms with E-state index in [1.807, 2.05) is 12.1 Å². The maximum atomic E-state index is 6.23. The molecule has 50 heavy (non-hydrogen) atoms. The van der Waals surface area contributed by atoms with Gasteiger partial charge in [0.1, 0.15) is 11.2 Å². The molecule has 0 aliphatic rings. The molecule has 0 aliphatic heterocycles. The van der Waals surface area contributed by atoms with Gasteiger partial charge in [0.25, 0.3) is 0 Å². The summed E-state index contributed by atoms with van der Waals surface area (Å²) in [5, 5.41) is 9.78. The lowest BCUT2D eigenvalue weighted by molar-refractivity contribution is 0.669. The molecule has 0 spiro atoms. The van der Waals surface area contributed by atoms with Crippen molar-refractivity contribution in [3.8, 4) is 22.3 Å². The fourth-order valence-corrected chi connectivity index (χ4v) is 7.71. The molecule has 0 saturated carbocycles. The molecule has 0 fully saturated rings. The van der Waals surface area contributed by atoms with Crippen molar-refractivity contribution in [3.63, 3.8) is 0 Å². The molecule has 10 aromatic rings. The topological polar surface area (TPSA) is 16.4 Å². The van der Waals surface area contributed by atoms with Crippen molar-refractivity contribution < 1.29 is 4.42 Å². The zero-order valence-corrected chi connectivity index (χ0v) is 27.3. The van der Waals surface area contributed by atoms with Gasteiger partial charge in [0.15, 0.2) is 0 Å². The molecule has 0 amide bonds. The number of para-hydroxylation sites is 1. The summed E-state index contributed by atoms with van der Waals surface area (Å²) in [5.41, 5.74) is 9.88. The molecule has 1 heterocycles. The number of rotatable bonds is 5. The van der Waals surface area contributed by atoms with Crippen LogP contribution in [0.3, 0.4) is 0 Å². The van der Waals surface area contributed by atoms with E-state index in [1.165, 1.54) is 49.0 Å². The van der Waals surface area contributed by atoms with E-state index in [0.29, 0.717) is 0 Å². The monoisotopic (exact) mass is 637 g/mol. The van der Waals surface area contributed by atoms with Crippen molar-refractivity contribution in [2.45, 2.75) is 0 Å². The molecule has 0 saturated heterocycles. The predicted molar refractivity (Wildman–Crippen MR) is 212 cm³/mol. The molecule has 2 nitrogen and oxygen atoms in total. The van der Waals surface area contributed by atoms with Crippen molar-refractivity contribution in [2.75, 3.05) is 4.90 Å². The van der Waals surface area contributed by atoms with Gasteiger partial charge in [-0.15, -0.1) is 0 Å². The minimum atomic E-state index is 0.906. The third kappa shape index (κ3) is 4.57. The smallest absolute Gasteiger partial charge is 0.136 e. The van der Waals surface area contributed by atoms with Gasteiger partial charge in [0.05, 0.1) is 5.69 Å². The number of anilines is 3. The Balaban J connectivity index is 1.18. The van der Waals surface area contributed by atoms with Gasteiger partial charge >= 0.3 is 0 Å². The lowest BCUT2D eigenvalue weighted by atomic mass is 9.94. The number of furan rings is 1. The van der Waals surface area contributed by atoms with E-state index in [2.05, 4.69) is 181 Å². The highest BCUT2D eigenvalue weighted by atomic mass is 16.3. The van der Waals surface area contributed by atoms with Crippen LogP contribution in [0.4, 0.5) is 17.1 Å². The Labute approximate surface area is 290 Å². The SMILES string of the molecule is c1ccc(-c2ccc(N(c3ccc(-c4cccc5oc6ccccc6c45)cc3)c3cc4ccc5ccccc5c4c4ccccc34)cc2)cc1. The Kier molecular flexibility index (Phi) is 6.53. The van der Waals surface area contributed by atoms with E-state index in [9.17, 15) is 0 Å². The van der Waals surface area contributed by atoms with Crippen LogP contribution in [0, 0.1) is 0 Å². The normalized spacial score (nSPS) is 11.6. The Morgan fingerprint density at radius 3 is 1.70 bits per heavy atom. The Bertz CT molecular complexity index is 2850. The van der Waals surface area contributed by atoms with Crippen LogP contribution < -0.4 is 4.90 Å². The molecular weight excluding hydrogens is 607 g/mol. The molecular formula is C48H31NO. The lowest BCUT2D eigenvalue weighted by Gasteiger charge is -2.28. The molecule has 0 atom stereocenters. The summed E-state index contributed by atoms with van der Waals surface area (Å²) in [6, 6.07) is 67.5. The van der Waals surface area contributed by atoms with E-state index in [-0.39, 0.29) is 0 Å². The van der Waals surface area contributed by atoms with Crippen LogP contribution in [0.25, 0.3) is 76.5 Å². The Morgan fingerprint density at radius 2 is 0.920 bits per heavy atom. The number of nitrogens with zero attached hydrogens (tertiary/aromatic N) is 1. The van der Waals surface area contributed by atoms with Crippen LogP contribution in [0.5, 0.6) is 0 Å². The molecule has 1 aromatic heterocycles. The summed E-state index contributed by atoms with van der Waals surface area (Å²) in [7, 11) is 0.